The van der Waals surface area contributed by atoms with Gasteiger partial charge in [-0.1, -0.05) is 17.7 Å². The Labute approximate surface area is 173 Å². The Kier molecular flexibility index (Phi) is 8.88. The largest absolute Gasteiger partial charge is 0.492 e. The van der Waals surface area contributed by atoms with E-state index in [2.05, 4.69) is 20.0 Å². The molecule has 2 N–H and O–H groups in total. The zero-order valence-electron chi connectivity index (χ0n) is 17.1. The monoisotopic (exact) mass is 419 g/mol. The van der Waals surface area contributed by atoms with Crippen molar-refractivity contribution < 1.29 is 13.2 Å². The first-order valence-corrected chi connectivity index (χ1v) is 11.0. The fourth-order valence-electron chi connectivity index (χ4n) is 2.44. The quantitative estimate of drug-likeness (QED) is 0.345. The molecule has 1 aromatic heterocycles. The van der Waals surface area contributed by atoms with Crippen LogP contribution in [0, 0.1) is 6.92 Å². The van der Waals surface area contributed by atoms with Gasteiger partial charge in [0.25, 0.3) is 0 Å². The third-order valence-corrected chi connectivity index (χ3v) is 5.47. The summed E-state index contributed by atoms with van der Waals surface area (Å²) in [7, 11) is -1.66. The van der Waals surface area contributed by atoms with Crippen LogP contribution in [0.5, 0.6) is 5.75 Å². The predicted octanol–water partition coefficient (Wildman–Crippen LogP) is 1.64. The SMILES string of the molecule is CCNC(=NCCNS(=O)(=O)c1cccnc1)N(C)CCOc1ccc(C)cc1. The van der Waals surface area contributed by atoms with Crippen LogP contribution in [0.25, 0.3) is 0 Å². The molecule has 29 heavy (non-hydrogen) atoms. The number of aliphatic imine (C=N–C) groups is 1. The minimum absolute atomic E-state index is 0.140. The van der Waals surface area contributed by atoms with E-state index < -0.39 is 10.0 Å². The Morgan fingerprint density at radius 3 is 2.66 bits per heavy atom. The van der Waals surface area contributed by atoms with Crippen LogP contribution in [0.1, 0.15) is 12.5 Å². The number of hydrogen-bond donors (Lipinski definition) is 2. The highest BCUT2D eigenvalue weighted by molar-refractivity contribution is 7.89. The summed E-state index contributed by atoms with van der Waals surface area (Å²) in [4.78, 5) is 10.4. The van der Waals surface area contributed by atoms with E-state index in [0.717, 1.165) is 5.75 Å². The van der Waals surface area contributed by atoms with Gasteiger partial charge in [-0.3, -0.25) is 9.98 Å². The predicted molar refractivity (Wildman–Crippen MR) is 115 cm³/mol. The van der Waals surface area contributed by atoms with Crippen LogP contribution >= 0.6 is 0 Å². The molecule has 0 atom stereocenters. The number of rotatable bonds is 10. The number of nitrogens with one attached hydrogen (secondary N) is 2. The maximum absolute atomic E-state index is 12.2. The highest BCUT2D eigenvalue weighted by Crippen LogP contribution is 2.11. The van der Waals surface area contributed by atoms with Crippen LogP contribution in [0.3, 0.4) is 0 Å². The van der Waals surface area contributed by atoms with E-state index >= 15 is 0 Å². The topological polar surface area (TPSA) is 95.9 Å². The van der Waals surface area contributed by atoms with Gasteiger partial charge >= 0.3 is 0 Å². The molecule has 1 heterocycles. The maximum Gasteiger partial charge on any atom is 0.242 e. The molecule has 0 bridgehead atoms. The maximum atomic E-state index is 12.2. The summed E-state index contributed by atoms with van der Waals surface area (Å²) in [5.74, 6) is 1.52. The van der Waals surface area contributed by atoms with E-state index in [9.17, 15) is 8.42 Å². The Balaban J connectivity index is 1.82. The highest BCUT2D eigenvalue weighted by atomic mass is 32.2. The van der Waals surface area contributed by atoms with Crippen LogP contribution in [-0.4, -0.2) is 64.1 Å². The lowest BCUT2D eigenvalue weighted by molar-refractivity contribution is 0.281. The average Bonchev–Trinajstić information content (AvgIpc) is 2.72. The lowest BCUT2D eigenvalue weighted by Crippen LogP contribution is -2.41. The lowest BCUT2D eigenvalue weighted by Gasteiger charge is -2.22. The second-order valence-corrected chi connectivity index (χ2v) is 8.17. The Morgan fingerprint density at radius 1 is 1.24 bits per heavy atom. The summed E-state index contributed by atoms with van der Waals surface area (Å²) in [6.07, 6.45) is 2.85. The third kappa shape index (κ3) is 7.71. The zero-order valence-corrected chi connectivity index (χ0v) is 17.9. The van der Waals surface area contributed by atoms with Crippen LogP contribution in [0.4, 0.5) is 0 Å². The van der Waals surface area contributed by atoms with E-state index in [1.165, 1.54) is 24.0 Å². The van der Waals surface area contributed by atoms with Gasteiger partial charge in [0.2, 0.25) is 10.0 Å². The van der Waals surface area contributed by atoms with Crippen molar-refractivity contribution >= 4 is 16.0 Å². The van der Waals surface area contributed by atoms with E-state index in [0.29, 0.717) is 32.2 Å². The standard InChI is InChI=1S/C20H29N5O3S/c1-4-22-20(25(3)14-15-28-18-9-7-17(2)8-10-18)23-12-13-24-29(26,27)19-6-5-11-21-16-19/h5-11,16,24H,4,12-15H2,1-3H3,(H,22,23). The van der Waals surface area contributed by atoms with Crippen molar-refractivity contribution in [3.63, 3.8) is 0 Å². The molecule has 0 fully saturated rings. The number of pyridine rings is 1. The molecule has 0 spiro atoms. The second-order valence-electron chi connectivity index (χ2n) is 6.41. The van der Waals surface area contributed by atoms with Gasteiger partial charge in [0.05, 0.1) is 13.1 Å². The summed E-state index contributed by atoms with van der Waals surface area (Å²) < 4.78 is 32.7. The van der Waals surface area contributed by atoms with Crippen molar-refractivity contribution in [3.8, 4) is 5.75 Å². The lowest BCUT2D eigenvalue weighted by atomic mass is 10.2. The Hall–Kier alpha value is -2.65. The van der Waals surface area contributed by atoms with Crippen molar-refractivity contribution in [2.24, 2.45) is 4.99 Å². The molecule has 0 aliphatic heterocycles. The number of guanidine groups is 1. The number of sulfonamides is 1. The summed E-state index contributed by atoms with van der Waals surface area (Å²) in [5, 5.41) is 3.20. The normalized spacial score (nSPS) is 11.9. The van der Waals surface area contributed by atoms with Crippen molar-refractivity contribution in [1.29, 1.82) is 0 Å². The van der Waals surface area contributed by atoms with Gasteiger partial charge in [0, 0.05) is 32.5 Å². The summed E-state index contributed by atoms with van der Waals surface area (Å²) in [5.41, 5.74) is 1.19. The van der Waals surface area contributed by atoms with Crippen LogP contribution < -0.4 is 14.8 Å². The number of likely N-dealkylation sites (N-methyl/N-ethyl adjacent to an activating group) is 1. The zero-order chi connectivity index (χ0) is 21.1. The first-order chi connectivity index (χ1) is 13.9. The van der Waals surface area contributed by atoms with Gasteiger partial charge in [-0.15, -0.1) is 0 Å². The Bertz CT molecular complexity index is 871. The van der Waals surface area contributed by atoms with Gasteiger partial charge < -0.3 is 15.0 Å². The highest BCUT2D eigenvalue weighted by Gasteiger charge is 2.13. The van der Waals surface area contributed by atoms with Crippen molar-refractivity contribution in [2.75, 3.05) is 39.8 Å². The van der Waals surface area contributed by atoms with E-state index in [-0.39, 0.29) is 11.4 Å². The number of nitrogens with zero attached hydrogens (tertiary/aromatic N) is 3. The molecule has 2 rings (SSSR count). The molecule has 0 aliphatic carbocycles. The van der Waals surface area contributed by atoms with Crippen LogP contribution in [0.2, 0.25) is 0 Å². The molecule has 0 radical (unpaired) electrons. The molecule has 0 saturated heterocycles. The molecule has 158 valence electrons. The van der Waals surface area contributed by atoms with Crippen LogP contribution in [0.15, 0.2) is 58.7 Å². The number of ether oxygens (including phenoxy) is 1. The fourth-order valence-corrected chi connectivity index (χ4v) is 3.43. The average molecular weight is 420 g/mol. The number of hydrogen-bond acceptors (Lipinski definition) is 5. The minimum Gasteiger partial charge on any atom is -0.492 e. The first kappa shape index (κ1) is 22.6. The van der Waals surface area contributed by atoms with Gasteiger partial charge in [-0.2, -0.15) is 0 Å². The minimum atomic E-state index is -3.57. The van der Waals surface area contributed by atoms with Crippen molar-refractivity contribution in [3.05, 3.63) is 54.4 Å². The molecule has 1 aromatic carbocycles. The molecule has 8 nitrogen and oxygen atoms in total. The first-order valence-electron chi connectivity index (χ1n) is 9.51. The molecule has 0 unspecified atom stereocenters. The van der Waals surface area contributed by atoms with E-state index in [1.54, 1.807) is 6.07 Å². The molecule has 0 aliphatic rings. The van der Waals surface area contributed by atoms with E-state index in [4.69, 9.17) is 4.74 Å². The number of benzene rings is 1. The van der Waals surface area contributed by atoms with E-state index in [1.807, 2.05) is 50.1 Å². The number of aryl methyl sites for hydroxylation is 1. The summed E-state index contributed by atoms with van der Waals surface area (Å²) in [6.45, 7) is 6.39. The van der Waals surface area contributed by atoms with Gasteiger partial charge in [-0.25, -0.2) is 13.1 Å². The number of aromatic nitrogens is 1. The molecule has 0 amide bonds. The second kappa shape index (κ2) is 11.4. The Morgan fingerprint density at radius 2 is 2.00 bits per heavy atom. The van der Waals surface area contributed by atoms with Gasteiger partial charge in [-0.05, 0) is 38.1 Å². The molecular weight excluding hydrogens is 390 g/mol. The molecule has 0 saturated carbocycles. The van der Waals surface area contributed by atoms with Crippen molar-refractivity contribution in [2.45, 2.75) is 18.7 Å². The molecular formula is C20H29N5O3S. The summed E-state index contributed by atoms with van der Waals surface area (Å²) >= 11 is 0. The molecule has 9 heteroatoms. The van der Waals surface area contributed by atoms with Crippen LogP contribution in [-0.2, 0) is 10.0 Å². The van der Waals surface area contributed by atoms with Gasteiger partial charge in [0.1, 0.15) is 17.3 Å². The fraction of sp³-hybridized carbons (Fsp3) is 0.400. The smallest absolute Gasteiger partial charge is 0.242 e. The summed E-state index contributed by atoms with van der Waals surface area (Å²) in [6, 6.07) is 11.0. The third-order valence-electron chi connectivity index (χ3n) is 4.02. The molecule has 2 aromatic rings. The van der Waals surface area contributed by atoms with Gasteiger partial charge in [0.15, 0.2) is 5.96 Å². The van der Waals surface area contributed by atoms with Crippen molar-refractivity contribution in [1.82, 2.24) is 19.9 Å².